The van der Waals surface area contributed by atoms with Crippen molar-refractivity contribution in [3.05, 3.63) is 29.3 Å². The number of carbonyl (C=O) groups excluding carboxylic acids is 2. The van der Waals surface area contributed by atoms with E-state index in [0.717, 1.165) is 12.0 Å². The Labute approximate surface area is 121 Å². The van der Waals surface area contributed by atoms with Crippen LogP contribution < -0.4 is 4.74 Å². The Balaban J connectivity index is 3.29. The van der Waals surface area contributed by atoms with Crippen molar-refractivity contribution >= 4 is 27.9 Å². The maximum atomic E-state index is 11.9. The van der Waals surface area contributed by atoms with E-state index >= 15 is 0 Å². The lowest BCUT2D eigenvalue weighted by Gasteiger charge is -2.16. The van der Waals surface area contributed by atoms with Crippen LogP contribution in [0.25, 0.3) is 0 Å². The average molecular weight is 329 g/mol. The Morgan fingerprint density at radius 1 is 1.32 bits per heavy atom. The molecule has 0 saturated carbocycles. The normalized spacial score (nSPS) is 11.8. The number of benzene rings is 1. The summed E-state index contributed by atoms with van der Waals surface area (Å²) in [5, 5.41) is 0. The van der Waals surface area contributed by atoms with Gasteiger partial charge in [-0.25, -0.2) is 4.79 Å². The predicted octanol–water partition coefficient (Wildman–Crippen LogP) is 3.63. The summed E-state index contributed by atoms with van der Waals surface area (Å²) in [6, 6.07) is 5.16. The van der Waals surface area contributed by atoms with Gasteiger partial charge in [0.05, 0.1) is 6.61 Å². The van der Waals surface area contributed by atoms with Crippen molar-refractivity contribution in [2.45, 2.75) is 32.0 Å². The topological polar surface area (TPSA) is 52.6 Å². The SMILES string of the molecule is CCOC(=O)c1cccc(C(Br)CC)c1OC(C)=O. The monoisotopic (exact) mass is 328 g/mol. The molecular weight excluding hydrogens is 312 g/mol. The van der Waals surface area contributed by atoms with Crippen LogP contribution in [0.3, 0.4) is 0 Å². The van der Waals surface area contributed by atoms with E-state index in [1.165, 1.54) is 6.92 Å². The van der Waals surface area contributed by atoms with Crippen molar-refractivity contribution < 1.29 is 19.1 Å². The van der Waals surface area contributed by atoms with Gasteiger partial charge in [-0.15, -0.1) is 0 Å². The number of alkyl halides is 1. The van der Waals surface area contributed by atoms with E-state index < -0.39 is 11.9 Å². The molecule has 0 heterocycles. The standard InChI is InChI=1S/C14H17BrO4/c1-4-12(15)10-7-6-8-11(14(17)18-5-2)13(10)19-9(3)16/h6-8,12H,4-5H2,1-3H3. The Hall–Kier alpha value is -1.36. The van der Waals surface area contributed by atoms with Crippen LogP contribution in [0.2, 0.25) is 0 Å². The second-order valence-electron chi connectivity index (χ2n) is 3.91. The minimum absolute atomic E-state index is 0.0104. The van der Waals surface area contributed by atoms with E-state index in [4.69, 9.17) is 9.47 Å². The van der Waals surface area contributed by atoms with Gasteiger partial charge in [-0.1, -0.05) is 35.0 Å². The third-order valence-corrected chi connectivity index (χ3v) is 3.62. The fraction of sp³-hybridized carbons (Fsp3) is 0.429. The van der Waals surface area contributed by atoms with Crippen LogP contribution in [0.15, 0.2) is 18.2 Å². The first-order valence-corrected chi connectivity index (χ1v) is 7.05. The number of esters is 2. The van der Waals surface area contributed by atoms with E-state index in [1.807, 2.05) is 13.0 Å². The van der Waals surface area contributed by atoms with E-state index in [9.17, 15) is 9.59 Å². The average Bonchev–Trinajstić information content (AvgIpc) is 2.37. The molecule has 0 saturated heterocycles. The minimum atomic E-state index is -0.489. The highest BCUT2D eigenvalue weighted by Gasteiger charge is 2.21. The van der Waals surface area contributed by atoms with E-state index in [0.29, 0.717) is 0 Å². The molecule has 0 fully saturated rings. The minimum Gasteiger partial charge on any atom is -0.462 e. The van der Waals surface area contributed by atoms with Crippen LogP contribution in [0.1, 0.15) is 47.9 Å². The third kappa shape index (κ3) is 4.06. The summed E-state index contributed by atoms with van der Waals surface area (Å²) in [6.45, 7) is 5.30. The molecule has 0 radical (unpaired) electrons. The molecule has 1 unspecified atom stereocenters. The van der Waals surface area contributed by atoms with Crippen LogP contribution >= 0.6 is 15.9 Å². The maximum Gasteiger partial charge on any atom is 0.341 e. The molecule has 104 valence electrons. The van der Waals surface area contributed by atoms with Gasteiger partial charge in [0.2, 0.25) is 0 Å². The Morgan fingerprint density at radius 3 is 2.53 bits per heavy atom. The highest BCUT2D eigenvalue weighted by molar-refractivity contribution is 9.09. The zero-order valence-corrected chi connectivity index (χ0v) is 12.8. The molecule has 4 nitrogen and oxygen atoms in total. The maximum absolute atomic E-state index is 11.9. The van der Waals surface area contributed by atoms with Crippen molar-refractivity contribution in [3.63, 3.8) is 0 Å². The van der Waals surface area contributed by atoms with Gasteiger partial charge in [-0.2, -0.15) is 0 Å². The smallest absolute Gasteiger partial charge is 0.341 e. The summed E-state index contributed by atoms with van der Waals surface area (Å²) in [5.74, 6) is -0.678. The molecule has 1 atom stereocenters. The molecule has 0 aliphatic heterocycles. The van der Waals surface area contributed by atoms with E-state index in [1.54, 1.807) is 19.1 Å². The quantitative estimate of drug-likeness (QED) is 0.470. The molecular formula is C14H17BrO4. The van der Waals surface area contributed by atoms with Gasteiger partial charge >= 0.3 is 11.9 Å². The number of halogens is 1. The molecule has 0 aliphatic carbocycles. The lowest BCUT2D eigenvalue weighted by molar-refractivity contribution is -0.131. The highest BCUT2D eigenvalue weighted by Crippen LogP contribution is 2.36. The van der Waals surface area contributed by atoms with Crippen LogP contribution in [0.5, 0.6) is 5.75 Å². The van der Waals surface area contributed by atoms with Crippen LogP contribution in [0.4, 0.5) is 0 Å². The van der Waals surface area contributed by atoms with Gasteiger partial charge in [0.15, 0.2) is 0 Å². The third-order valence-electron chi connectivity index (χ3n) is 2.48. The Kier molecular flexibility index (Phi) is 6.02. The summed E-state index contributed by atoms with van der Waals surface area (Å²) >= 11 is 3.50. The second kappa shape index (κ2) is 7.28. The Bertz CT molecular complexity index is 471. The lowest BCUT2D eigenvalue weighted by Crippen LogP contribution is -2.12. The van der Waals surface area contributed by atoms with Gasteiger partial charge in [-0.05, 0) is 19.4 Å². The zero-order chi connectivity index (χ0) is 14.4. The number of carbonyl (C=O) groups is 2. The molecule has 0 aliphatic rings. The molecule has 5 heteroatoms. The highest BCUT2D eigenvalue weighted by atomic mass is 79.9. The second-order valence-corrected chi connectivity index (χ2v) is 5.02. The van der Waals surface area contributed by atoms with Crippen LogP contribution in [-0.2, 0) is 9.53 Å². The number of ether oxygens (including phenoxy) is 2. The summed E-state index contributed by atoms with van der Waals surface area (Å²) in [7, 11) is 0. The summed E-state index contributed by atoms with van der Waals surface area (Å²) < 4.78 is 10.2. The number of para-hydroxylation sites is 1. The molecule has 0 amide bonds. The molecule has 1 rings (SSSR count). The van der Waals surface area contributed by atoms with E-state index in [-0.39, 0.29) is 22.7 Å². The fourth-order valence-corrected chi connectivity index (χ4v) is 2.01. The van der Waals surface area contributed by atoms with Crippen molar-refractivity contribution in [1.29, 1.82) is 0 Å². The lowest BCUT2D eigenvalue weighted by atomic mass is 10.0. The van der Waals surface area contributed by atoms with Crippen LogP contribution in [-0.4, -0.2) is 18.5 Å². The van der Waals surface area contributed by atoms with Gasteiger partial charge < -0.3 is 9.47 Å². The molecule has 1 aromatic rings. The molecule has 0 N–H and O–H groups in total. The fourth-order valence-electron chi connectivity index (χ4n) is 1.65. The molecule has 0 aromatic heterocycles. The molecule has 1 aromatic carbocycles. The first kappa shape index (κ1) is 15.7. The zero-order valence-electron chi connectivity index (χ0n) is 11.2. The van der Waals surface area contributed by atoms with Gasteiger partial charge in [0.25, 0.3) is 0 Å². The predicted molar refractivity (Wildman–Crippen MR) is 75.7 cm³/mol. The van der Waals surface area contributed by atoms with Crippen molar-refractivity contribution in [2.75, 3.05) is 6.61 Å². The Morgan fingerprint density at radius 2 is 2.00 bits per heavy atom. The largest absolute Gasteiger partial charge is 0.462 e. The number of hydrogen-bond acceptors (Lipinski definition) is 4. The van der Waals surface area contributed by atoms with Gasteiger partial charge in [0, 0.05) is 17.3 Å². The first-order chi connectivity index (χ1) is 9.01. The molecule has 19 heavy (non-hydrogen) atoms. The summed E-state index contributed by atoms with van der Waals surface area (Å²) in [6.07, 6.45) is 0.806. The van der Waals surface area contributed by atoms with Crippen molar-refractivity contribution in [1.82, 2.24) is 0 Å². The first-order valence-electron chi connectivity index (χ1n) is 6.13. The van der Waals surface area contributed by atoms with Gasteiger partial charge in [-0.3, -0.25) is 4.79 Å². The number of hydrogen-bond donors (Lipinski definition) is 0. The molecule has 0 bridgehead atoms. The summed E-state index contributed by atoms with van der Waals surface area (Å²) in [4.78, 5) is 23.1. The van der Waals surface area contributed by atoms with Crippen molar-refractivity contribution in [3.8, 4) is 5.75 Å². The van der Waals surface area contributed by atoms with E-state index in [2.05, 4.69) is 15.9 Å². The summed E-state index contributed by atoms with van der Waals surface area (Å²) in [5.41, 5.74) is 1.04. The van der Waals surface area contributed by atoms with Crippen molar-refractivity contribution in [2.24, 2.45) is 0 Å². The van der Waals surface area contributed by atoms with Crippen LogP contribution in [0, 0.1) is 0 Å². The van der Waals surface area contributed by atoms with Gasteiger partial charge in [0.1, 0.15) is 11.3 Å². The number of rotatable bonds is 5. The molecule has 0 spiro atoms.